The van der Waals surface area contributed by atoms with Crippen LogP contribution in [-0.2, 0) is 11.3 Å². The fourth-order valence-electron chi connectivity index (χ4n) is 2.81. The van der Waals surface area contributed by atoms with Crippen LogP contribution in [0.25, 0.3) is 11.3 Å². The second kappa shape index (κ2) is 9.32. The predicted octanol–water partition coefficient (Wildman–Crippen LogP) is 3.23. The lowest BCUT2D eigenvalue weighted by Gasteiger charge is -2.14. The average Bonchev–Trinajstić information content (AvgIpc) is 2.75. The van der Waals surface area contributed by atoms with Crippen LogP contribution in [0.3, 0.4) is 0 Å². The molecule has 0 spiro atoms. The van der Waals surface area contributed by atoms with E-state index >= 15 is 0 Å². The van der Waals surface area contributed by atoms with E-state index in [9.17, 15) is 9.59 Å². The number of halogens is 1. The molecule has 1 N–H and O–H groups in total. The standard InChI is InChI=1S/C21H20ClN3O5/c1-28-17-10-13(11-18(29-2)21(17)30-3)16-8-9-20(27)25(24-16)12-19(26)23-15-6-4-14(22)5-7-15/h4-11H,12H2,1-3H3,(H,23,26). The molecule has 0 aliphatic carbocycles. The van der Waals surface area contributed by atoms with E-state index in [1.54, 1.807) is 42.5 Å². The molecule has 0 atom stereocenters. The molecular formula is C21H20ClN3O5. The molecule has 0 aliphatic heterocycles. The van der Waals surface area contributed by atoms with Crippen LogP contribution in [0, 0.1) is 0 Å². The van der Waals surface area contributed by atoms with Gasteiger partial charge in [0.15, 0.2) is 11.5 Å². The van der Waals surface area contributed by atoms with E-state index in [0.29, 0.717) is 39.2 Å². The van der Waals surface area contributed by atoms with Crippen molar-refractivity contribution in [1.29, 1.82) is 0 Å². The Hall–Kier alpha value is -3.52. The van der Waals surface area contributed by atoms with E-state index in [1.165, 1.54) is 27.4 Å². The molecule has 3 aromatic rings. The summed E-state index contributed by atoms with van der Waals surface area (Å²) < 4.78 is 17.1. The van der Waals surface area contributed by atoms with E-state index in [4.69, 9.17) is 25.8 Å². The number of benzene rings is 2. The highest BCUT2D eigenvalue weighted by molar-refractivity contribution is 6.30. The van der Waals surface area contributed by atoms with Gasteiger partial charge < -0.3 is 19.5 Å². The Bertz CT molecular complexity index is 1090. The number of hydrogen-bond acceptors (Lipinski definition) is 6. The molecule has 0 saturated carbocycles. The zero-order chi connectivity index (χ0) is 21.7. The van der Waals surface area contributed by atoms with Gasteiger partial charge in [-0.05, 0) is 42.5 Å². The Balaban J connectivity index is 1.89. The fourth-order valence-corrected chi connectivity index (χ4v) is 2.94. The first-order valence-electron chi connectivity index (χ1n) is 8.89. The Labute approximate surface area is 178 Å². The normalized spacial score (nSPS) is 10.4. The number of rotatable bonds is 7. The van der Waals surface area contributed by atoms with Crippen molar-refractivity contribution in [3.05, 3.63) is 63.9 Å². The number of amides is 1. The van der Waals surface area contributed by atoms with Crippen LogP contribution < -0.4 is 25.1 Å². The molecule has 0 fully saturated rings. The van der Waals surface area contributed by atoms with Crippen molar-refractivity contribution in [2.75, 3.05) is 26.6 Å². The van der Waals surface area contributed by atoms with Crippen molar-refractivity contribution in [2.24, 2.45) is 0 Å². The first-order chi connectivity index (χ1) is 14.4. The number of nitrogens with zero attached hydrogens (tertiary/aromatic N) is 2. The zero-order valence-corrected chi connectivity index (χ0v) is 17.4. The van der Waals surface area contributed by atoms with Crippen LogP contribution in [0.4, 0.5) is 5.69 Å². The largest absolute Gasteiger partial charge is 0.493 e. The zero-order valence-electron chi connectivity index (χ0n) is 16.6. The number of aromatic nitrogens is 2. The van der Waals surface area contributed by atoms with Gasteiger partial charge in [-0.1, -0.05) is 11.6 Å². The lowest BCUT2D eigenvalue weighted by Crippen LogP contribution is -2.29. The van der Waals surface area contributed by atoms with E-state index in [2.05, 4.69) is 10.4 Å². The summed E-state index contributed by atoms with van der Waals surface area (Å²) in [5.74, 6) is 0.951. The summed E-state index contributed by atoms with van der Waals surface area (Å²) in [5, 5.41) is 7.58. The van der Waals surface area contributed by atoms with Crippen LogP contribution >= 0.6 is 11.6 Å². The third-order valence-corrected chi connectivity index (χ3v) is 4.50. The number of nitrogens with one attached hydrogen (secondary N) is 1. The van der Waals surface area contributed by atoms with Gasteiger partial charge >= 0.3 is 0 Å². The smallest absolute Gasteiger partial charge is 0.267 e. The maximum Gasteiger partial charge on any atom is 0.267 e. The van der Waals surface area contributed by atoms with Gasteiger partial charge in [-0.2, -0.15) is 5.10 Å². The first-order valence-corrected chi connectivity index (χ1v) is 9.27. The highest BCUT2D eigenvalue weighted by Gasteiger charge is 2.16. The summed E-state index contributed by atoms with van der Waals surface area (Å²) in [7, 11) is 4.53. The van der Waals surface area contributed by atoms with Crippen molar-refractivity contribution in [1.82, 2.24) is 9.78 Å². The number of hydrogen-bond donors (Lipinski definition) is 1. The molecule has 0 saturated heterocycles. The Morgan fingerprint density at radius 1 is 1.00 bits per heavy atom. The number of carbonyl (C=O) groups excluding carboxylic acids is 1. The Morgan fingerprint density at radius 3 is 2.20 bits per heavy atom. The maximum absolute atomic E-state index is 12.4. The maximum atomic E-state index is 12.4. The van der Waals surface area contributed by atoms with Crippen molar-refractivity contribution >= 4 is 23.2 Å². The lowest BCUT2D eigenvalue weighted by atomic mass is 10.1. The fraction of sp³-hybridized carbons (Fsp3) is 0.190. The molecule has 30 heavy (non-hydrogen) atoms. The number of carbonyl (C=O) groups is 1. The summed E-state index contributed by atoms with van der Waals surface area (Å²) in [6.45, 7) is -0.250. The van der Waals surface area contributed by atoms with Gasteiger partial charge in [0.1, 0.15) is 6.54 Å². The van der Waals surface area contributed by atoms with Crippen molar-refractivity contribution in [3.63, 3.8) is 0 Å². The second-order valence-corrected chi connectivity index (χ2v) is 6.62. The molecule has 1 amide bonds. The summed E-state index contributed by atoms with van der Waals surface area (Å²) >= 11 is 5.84. The number of ether oxygens (including phenoxy) is 3. The molecule has 1 heterocycles. The third kappa shape index (κ3) is 4.72. The predicted molar refractivity (Wildman–Crippen MR) is 114 cm³/mol. The molecule has 3 rings (SSSR count). The minimum atomic E-state index is -0.405. The summed E-state index contributed by atoms with van der Waals surface area (Å²) in [5.41, 5.74) is 1.26. The monoisotopic (exact) mass is 429 g/mol. The summed E-state index contributed by atoms with van der Waals surface area (Å²) in [4.78, 5) is 24.6. The topological polar surface area (TPSA) is 91.7 Å². The molecule has 0 aliphatic rings. The Kier molecular flexibility index (Phi) is 6.58. The highest BCUT2D eigenvalue weighted by Crippen LogP contribution is 2.40. The van der Waals surface area contributed by atoms with Crippen LogP contribution in [0.5, 0.6) is 17.2 Å². The first kappa shape index (κ1) is 21.2. The molecule has 0 bridgehead atoms. The Morgan fingerprint density at radius 2 is 1.63 bits per heavy atom. The SMILES string of the molecule is COc1cc(-c2ccc(=O)n(CC(=O)Nc3ccc(Cl)cc3)n2)cc(OC)c1OC. The van der Waals surface area contributed by atoms with Crippen LogP contribution in [0.1, 0.15) is 0 Å². The van der Waals surface area contributed by atoms with Gasteiger partial charge in [0.2, 0.25) is 11.7 Å². The molecule has 156 valence electrons. The lowest BCUT2D eigenvalue weighted by molar-refractivity contribution is -0.117. The van der Waals surface area contributed by atoms with E-state index in [1.807, 2.05) is 0 Å². The van der Waals surface area contributed by atoms with E-state index in [0.717, 1.165) is 4.68 Å². The van der Waals surface area contributed by atoms with E-state index < -0.39 is 11.5 Å². The van der Waals surface area contributed by atoms with E-state index in [-0.39, 0.29) is 6.54 Å². The van der Waals surface area contributed by atoms with Crippen LogP contribution in [0.15, 0.2) is 53.3 Å². The summed E-state index contributed by atoms with van der Waals surface area (Å²) in [6.07, 6.45) is 0. The molecule has 8 nitrogen and oxygen atoms in total. The minimum Gasteiger partial charge on any atom is -0.493 e. The van der Waals surface area contributed by atoms with Gasteiger partial charge in [-0.3, -0.25) is 9.59 Å². The molecule has 2 aromatic carbocycles. The second-order valence-electron chi connectivity index (χ2n) is 6.18. The van der Waals surface area contributed by atoms with Crippen LogP contribution in [-0.4, -0.2) is 37.0 Å². The van der Waals surface area contributed by atoms with Crippen molar-refractivity contribution < 1.29 is 19.0 Å². The van der Waals surface area contributed by atoms with Gasteiger partial charge in [-0.25, -0.2) is 4.68 Å². The highest BCUT2D eigenvalue weighted by atomic mass is 35.5. The number of anilines is 1. The molecule has 0 radical (unpaired) electrons. The van der Waals surface area contributed by atoms with Gasteiger partial charge in [0, 0.05) is 22.3 Å². The molecular weight excluding hydrogens is 410 g/mol. The average molecular weight is 430 g/mol. The van der Waals surface area contributed by atoms with Crippen molar-refractivity contribution in [2.45, 2.75) is 6.54 Å². The van der Waals surface area contributed by atoms with Gasteiger partial charge in [-0.15, -0.1) is 0 Å². The molecule has 9 heteroatoms. The molecule has 1 aromatic heterocycles. The third-order valence-electron chi connectivity index (χ3n) is 4.25. The van der Waals surface area contributed by atoms with Crippen LogP contribution in [0.2, 0.25) is 5.02 Å². The van der Waals surface area contributed by atoms with Crippen molar-refractivity contribution in [3.8, 4) is 28.5 Å². The number of methoxy groups -OCH3 is 3. The quantitative estimate of drug-likeness (QED) is 0.620. The molecule has 0 unspecified atom stereocenters. The summed E-state index contributed by atoms with van der Waals surface area (Å²) in [6, 6.07) is 13.0. The minimum absolute atomic E-state index is 0.250. The van der Waals surface area contributed by atoms with Gasteiger partial charge in [0.05, 0.1) is 27.0 Å². The van der Waals surface area contributed by atoms with Gasteiger partial charge in [0.25, 0.3) is 5.56 Å².